The van der Waals surface area contributed by atoms with Gasteiger partial charge in [0.15, 0.2) is 5.82 Å². The molecule has 0 amide bonds. The van der Waals surface area contributed by atoms with Gasteiger partial charge in [-0.1, -0.05) is 32.0 Å². The smallest absolute Gasteiger partial charge is 0.151 e. The van der Waals surface area contributed by atoms with E-state index in [1.54, 1.807) is 0 Å². The van der Waals surface area contributed by atoms with Crippen molar-refractivity contribution in [2.45, 2.75) is 19.8 Å². The molecule has 2 rings (SSSR count). The van der Waals surface area contributed by atoms with Crippen molar-refractivity contribution in [1.29, 1.82) is 5.26 Å². The van der Waals surface area contributed by atoms with Gasteiger partial charge in [-0.25, -0.2) is 9.97 Å². The lowest BCUT2D eigenvalue weighted by Crippen LogP contribution is -2.01. The van der Waals surface area contributed by atoms with Gasteiger partial charge < -0.3 is 5.32 Å². The first-order chi connectivity index (χ1) is 8.72. The standard InChI is InChI=1S/C14H14N4/c1-10(2)12-5-3-4-6-13(12)18-14-11(7-15)8-16-9-17-14/h3-6,8-10H,1-2H3,(H,16,17,18). The highest BCUT2D eigenvalue weighted by Crippen LogP contribution is 2.26. The molecule has 0 fully saturated rings. The lowest BCUT2D eigenvalue weighted by atomic mass is 10.0. The van der Waals surface area contributed by atoms with Gasteiger partial charge in [-0.3, -0.25) is 0 Å². The van der Waals surface area contributed by atoms with Gasteiger partial charge in [0, 0.05) is 5.69 Å². The van der Waals surface area contributed by atoms with Crippen LogP contribution in [0.2, 0.25) is 0 Å². The van der Waals surface area contributed by atoms with Crippen molar-refractivity contribution in [1.82, 2.24) is 9.97 Å². The Bertz CT molecular complexity index is 584. The minimum atomic E-state index is 0.404. The maximum absolute atomic E-state index is 9.00. The van der Waals surface area contributed by atoms with Crippen molar-refractivity contribution in [3.63, 3.8) is 0 Å². The van der Waals surface area contributed by atoms with Gasteiger partial charge in [0.1, 0.15) is 18.0 Å². The van der Waals surface area contributed by atoms with E-state index in [1.807, 2.05) is 18.2 Å². The van der Waals surface area contributed by atoms with Crippen LogP contribution in [0.1, 0.15) is 30.9 Å². The van der Waals surface area contributed by atoms with E-state index in [1.165, 1.54) is 18.1 Å². The molecule has 1 aromatic carbocycles. The number of benzene rings is 1. The third-order valence-electron chi connectivity index (χ3n) is 2.67. The first-order valence-corrected chi connectivity index (χ1v) is 5.78. The Morgan fingerprint density at radius 3 is 2.78 bits per heavy atom. The average Bonchev–Trinajstić information content (AvgIpc) is 2.40. The summed E-state index contributed by atoms with van der Waals surface area (Å²) in [6, 6.07) is 10.1. The predicted molar refractivity (Wildman–Crippen MR) is 70.6 cm³/mol. The van der Waals surface area contributed by atoms with Gasteiger partial charge in [0.25, 0.3) is 0 Å². The molecule has 0 saturated heterocycles. The fourth-order valence-corrected chi connectivity index (χ4v) is 1.75. The highest BCUT2D eigenvalue weighted by atomic mass is 15.0. The maximum Gasteiger partial charge on any atom is 0.151 e. The van der Waals surface area contributed by atoms with Crippen molar-refractivity contribution in [3.05, 3.63) is 47.9 Å². The summed E-state index contributed by atoms with van der Waals surface area (Å²) < 4.78 is 0. The van der Waals surface area contributed by atoms with Crippen LogP contribution in [0.15, 0.2) is 36.8 Å². The monoisotopic (exact) mass is 238 g/mol. The predicted octanol–water partition coefficient (Wildman–Crippen LogP) is 3.22. The lowest BCUT2D eigenvalue weighted by Gasteiger charge is -2.14. The second kappa shape index (κ2) is 5.28. The van der Waals surface area contributed by atoms with E-state index in [0.717, 1.165) is 5.69 Å². The Hall–Kier alpha value is -2.41. The number of nitrogens with zero attached hydrogens (tertiary/aromatic N) is 3. The molecule has 0 aliphatic rings. The number of anilines is 2. The van der Waals surface area contributed by atoms with E-state index in [2.05, 4.69) is 41.3 Å². The molecular formula is C14H14N4. The SMILES string of the molecule is CC(C)c1ccccc1Nc1ncncc1C#N. The zero-order chi connectivity index (χ0) is 13.0. The zero-order valence-electron chi connectivity index (χ0n) is 10.4. The molecule has 0 atom stereocenters. The summed E-state index contributed by atoms with van der Waals surface area (Å²) in [6.07, 6.45) is 2.94. The maximum atomic E-state index is 9.00. The summed E-state index contributed by atoms with van der Waals surface area (Å²) >= 11 is 0. The average molecular weight is 238 g/mol. The first kappa shape index (κ1) is 12.1. The molecule has 0 saturated carbocycles. The molecule has 1 heterocycles. The third-order valence-corrected chi connectivity index (χ3v) is 2.67. The highest BCUT2D eigenvalue weighted by Gasteiger charge is 2.08. The number of aromatic nitrogens is 2. The van der Waals surface area contributed by atoms with Crippen molar-refractivity contribution < 1.29 is 0 Å². The molecule has 18 heavy (non-hydrogen) atoms. The number of nitrogens with one attached hydrogen (secondary N) is 1. The molecule has 0 aliphatic carbocycles. The van der Waals surface area contributed by atoms with E-state index in [-0.39, 0.29) is 0 Å². The summed E-state index contributed by atoms with van der Waals surface area (Å²) in [6.45, 7) is 4.26. The van der Waals surface area contributed by atoms with E-state index in [4.69, 9.17) is 5.26 Å². The van der Waals surface area contributed by atoms with Crippen LogP contribution in [0.3, 0.4) is 0 Å². The van der Waals surface area contributed by atoms with Crippen LogP contribution < -0.4 is 5.32 Å². The number of hydrogen-bond acceptors (Lipinski definition) is 4. The Morgan fingerprint density at radius 2 is 2.06 bits per heavy atom. The molecule has 2 aromatic rings. The van der Waals surface area contributed by atoms with Gasteiger partial charge >= 0.3 is 0 Å². The molecular weight excluding hydrogens is 224 g/mol. The lowest BCUT2D eigenvalue weighted by molar-refractivity contribution is 0.869. The number of hydrogen-bond donors (Lipinski definition) is 1. The van der Waals surface area contributed by atoms with E-state index >= 15 is 0 Å². The van der Waals surface area contributed by atoms with Crippen molar-refractivity contribution in [2.24, 2.45) is 0 Å². The zero-order valence-corrected chi connectivity index (χ0v) is 10.4. The Morgan fingerprint density at radius 1 is 1.28 bits per heavy atom. The minimum Gasteiger partial charge on any atom is -0.339 e. The van der Waals surface area contributed by atoms with Crippen LogP contribution in [-0.2, 0) is 0 Å². The second-order valence-electron chi connectivity index (χ2n) is 4.26. The fourth-order valence-electron chi connectivity index (χ4n) is 1.75. The van der Waals surface area contributed by atoms with Gasteiger partial charge in [-0.15, -0.1) is 0 Å². The van der Waals surface area contributed by atoms with Crippen LogP contribution >= 0.6 is 0 Å². The summed E-state index contributed by atoms with van der Waals surface area (Å²) in [5.74, 6) is 0.946. The Kier molecular flexibility index (Phi) is 3.54. The van der Waals surface area contributed by atoms with E-state index in [9.17, 15) is 0 Å². The van der Waals surface area contributed by atoms with Crippen LogP contribution in [0.5, 0.6) is 0 Å². The summed E-state index contributed by atoms with van der Waals surface area (Å²) in [7, 11) is 0. The molecule has 1 aromatic heterocycles. The highest BCUT2D eigenvalue weighted by molar-refractivity contribution is 5.65. The molecule has 0 aliphatic heterocycles. The molecule has 1 N–H and O–H groups in total. The molecule has 90 valence electrons. The van der Waals surface area contributed by atoms with Gasteiger partial charge in [0.05, 0.1) is 6.20 Å². The van der Waals surface area contributed by atoms with Crippen LogP contribution in [0, 0.1) is 11.3 Å². The number of rotatable bonds is 3. The fraction of sp³-hybridized carbons (Fsp3) is 0.214. The number of nitriles is 1. The van der Waals surface area contributed by atoms with E-state index < -0.39 is 0 Å². The number of para-hydroxylation sites is 1. The normalized spacial score (nSPS) is 10.1. The third kappa shape index (κ3) is 2.46. The molecule has 4 heteroatoms. The molecule has 0 spiro atoms. The molecule has 4 nitrogen and oxygen atoms in total. The van der Waals surface area contributed by atoms with Crippen molar-refractivity contribution in [3.8, 4) is 6.07 Å². The first-order valence-electron chi connectivity index (χ1n) is 5.78. The van der Waals surface area contributed by atoms with Crippen LogP contribution in [0.4, 0.5) is 11.5 Å². The molecule has 0 radical (unpaired) electrons. The Balaban J connectivity index is 2.38. The van der Waals surface area contributed by atoms with Gasteiger partial charge in [-0.2, -0.15) is 5.26 Å². The van der Waals surface area contributed by atoms with Gasteiger partial charge in [-0.05, 0) is 17.5 Å². The minimum absolute atomic E-state index is 0.404. The van der Waals surface area contributed by atoms with Crippen molar-refractivity contribution in [2.75, 3.05) is 5.32 Å². The quantitative estimate of drug-likeness (QED) is 0.891. The van der Waals surface area contributed by atoms with Gasteiger partial charge in [0.2, 0.25) is 0 Å². The molecule has 0 bridgehead atoms. The largest absolute Gasteiger partial charge is 0.339 e. The topological polar surface area (TPSA) is 61.6 Å². The van der Waals surface area contributed by atoms with Crippen LogP contribution in [0.25, 0.3) is 0 Å². The van der Waals surface area contributed by atoms with Crippen molar-refractivity contribution >= 4 is 11.5 Å². The summed E-state index contributed by atoms with van der Waals surface area (Å²) in [5.41, 5.74) is 2.61. The van der Waals surface area contributed by atoms with E-state index in [0.29, 0.717) is 17.3 Å². The molecule has 0 unspecified atom stereocenters. The second-order valence-corrected chi connectivity index (χ2v) is 4.26. The van der Waals surface area contributed by atoms with Crippen LogP contribution in [-0.4, -0.2) is 9.97 Å². The summed E-state index contributed by atoms with van der Waals surface area (Å²) in [5, 5.41) is 12.2. The summed E-state index contributed by atoms with van der Waals surface area (Å²) in [4.78, 5) is 7.94. The Labute approximate surface area is 106 Å².